The summed E-state index contributed by atoms with van der Waals surface area (Å²) in [5, 5.41) is 0. The first kappa shape index (κ1) is 16.0. The lowest BCUT2D eigenvalue weighted by Gasteiger charge is -2.10. The summed E-state index contributed by atoms with van der Waals surface area (Å²) in [5.74, 6) is 1.39. The van der Waals surface area contributed by atoms with Crippen molar-refractivity contribution in [2.45, 2.75) is 32.6 Å². The van der Waals surface area contributed by atoms with Gasteiger partial charge < -0.3 is 10.5 Å². The maximum atomic E-state index is 12.0. The van der Waals surface area contributed by atoms with E-state index in [1.54, 1.807) is 19.2 Å². The minimum atomic E-state index is -3.06. The van der Waals surface area contributed by atoms with E-state index in [4.69, 9.17) is 10.5 Å². The zero-order valence-corrected chi connectivity index (χ0v) is 12.7. The second-order valence-electron chi connectivity index (χ2n) is 5.12. The minimum Gasteiger partial charge on any atom is -0.496 e. The molecule has 0 aromatic heterocycles. The van der Waals surface area contributed by atoms with E-state index in [9.17, 15) is 8.42 Å². The van der Waals surface area contributed by atoms with Crippen LogP contribution >= 0.6 is 0 Å². The van der Waals surface area contributed by atoms with Gasteiger partial charge in [-0.1, -0.05) is 19.9 Å². The molecule has 108 valence electrons. The predicted molar refractivity (Wildman–Crippen MR) is 77.8 cm³/mol. The first-order valence-electron chi connectivity index (χ1n) is 6.44. The van der Waals surface area contributed by atoms with Gasteiger partial charge in [0.15, 0.2) is 9.84 Å². The average molecular weight is 285 g/mol. The Morgan fingerprint density at radius 1 is 1.32 bits per heavy atom. The van der Waals surface area contributed by atoms with Crippen molar-refractivity contribution in [1.82, 2.24) is 0 Å². The molecule has 1 aromatic rings. The highest BCUT2D eigenvalue weighted by Crippen LogP contribution is 2.21. The van der Waals surface area contributed by atoms with Crippen LogP contribution in [-0.4, -0.2) is 21.3 Å². The van der Waals surface area contributed by atoms with E-state index in [2.05, 4.69) is 0 Å². The van der Waals surface area contributed by atoms with Crippen LogP contribution in [0.1, 0.15) is 31.4 Å². The molecule has 0 aliphatic rings. The summed E-state index contributed by atoms with van der Waals surface area (Å²) < 4.78 is 29.2. The molecule has 0 spiro atoms. The zero-order valence-electron chi connectivity index (χ0n) is 11.8. The summed E-state index contributed by atoms with van der Waals surface area (Å²) in [6.45, 7) is 4.38. The topological polar surface area (TPSA) is 69.4 Å². The predicted octanol–water partition coefficient (Wildman–Crippen LogP) is 2.11. The molecule has 4 nitrogen and oxygen atoms in total. The zero-order chi connectivity index (χ0) is 14.5. The Labute approximate surface area is 115 Å². The van der Waals surface area contributed by atoms with Crippen molar-refractivity contribution in [3.63, 3.8) is 0 Å². The number of benzene rings is 1. The van der Waals surface area contributed by atoms with Crippen LogP contribution in [0.5, 0.6) is 5.75 Å². The number of rotatable bonds is 7. The molecule has 19 heavy (non-hydrogen) atoms. The summed E-state index contributed by atoms with van der Waals surface area (Å²) in [7, 11) is -1.48. The molecular formula is C14H23NO3S. The third-order valence-electron chi connectivity index (χ3n) is 2.96. The van der Waals surface area contributed by atoms with E-state index in [1.165, 1.54) is 0 Å². The van der Waals surface area contributed by atoms with Crippen LogP contribution in [0, 0.1) is 5.92 Å². The average Bonchev–Trinajstić information content (AvgIpc) is 2.36. The van der Waals surface area contributed by atoms with Crippen molar-refractivity contribution in [2.24, 2.45) is 11.7 Å². The first-order chi connectivity index (χ1) is 8.88. The number of nitrogens with two attached hydrogens (primary N) is 1. The molecule has 0 aliphatic heterocycles. The van der Waals surface area contributed by atoms with Crippen molar-refractivity contribution in [3.8, 4) is 5.75 Å². The fourth-order valence-corrected chi connectivity index (χ4v) is 3.48. The van der Waals surface area contributed by atoms with E-state index >= 15 is 0 Å². The van der Waals surface area contributed by atoms with Gasteiger partial charge in [0.05, 0.1) is 18.6 Å². The van der Waals surface area contributed by atoms with Crippen LogP contribution in [0.3, 0.4) is 0 Å². The van der Waals surface area contributed by atoms with Gasteiger partial charge in [0.1, 0.15) is 5.75 Å². The van der Waals surface area contributed by atoms with Gasteiger partial charge in [-0.3, -0.25) is 0 Å². The van der Waals surface area contributed by atoms with Crippen molar-refractivity contribution in [3.05, 3.63) is 29.3 Å². The number of ether oxygens (including phenoxy) is 1. The van der Waals surface area contributed by atoms with Crippen LogP contribution in [0.15, 0.2) is 18.2 Å². The lowest BCUT2D eigenvalue weighted by molar-refractivity contribution is 0.409. The number of methoxy groups -OCH3 is 1. The molecule has 0 atom stereocenters. The molecular weight excluding hydrogens is 262 g/mol. The van der Waals surface area contributed by atoms with Gasteiger partial charge in [-0.25, -0.2) is 8.42 Å². The largest absolute Gasteiger partial charge is 0.496 e. The molecule has 1 rings (SSSR count). The molecule has 0 unspecified atom stereocenters. The van der Waals surface area contributed by atoms with Gasteiger partial charge >= 0.3 is 0 Å². The highest BCUT2D eigenvalue weighted by molar-refractivity contribution is 7.90. The second-order valence-corrected chi connectivity index (χ2v) is 7.31. The fraction of sp³-hybridized carbons (Fsp3) is 0.571. The normalized spacial score (nSPS) is 11.8. The standard InChI is InChI=1S/C14H23NO3S/c1-11(2)6-7-19(16,17)10-12-4-5-14(18-3)13(8-12)9-15/h4-5,8,11H,6-7,9-10,15H2,1-3H3. The molecule has 0 saturated carbocycles. The summed E-state index contributed by atoms with van der Waals surface area (Å²) in [5.41, 5.74) is 7.23. The third-order valence-corrected chi connectivity index (χ3v) is 4.59. The molecule has 1 aromatic carbocycles. The van der Waals surface area contributed by atoms with Crippen molar-refractivity contribution in [2.75, 3.05) is 12.9 Å². The fourth-order valence-electron chi connectivity index (χ4n) is 1.82. The Hall–Kier alpha value is -1.07. The molecule has 0 aliphatic carbocycles. The molecule has 0 radical (unpaired) electrons. The van der Waals surface area contributed by atoms with Gasteiger partial charge in [0.25, 0.3) is 0 Å². The Balaban J connectivity index is 2.82. The summed E-state index contributed by atoms with van der Waals surface area (Å²) in [6, 6.07) is 5.37. The maximum Gasteiger partial charge on any atom is 0.154 e. The number of sulfone groups is 1. The maximum absolute atomic E-state index is 12.0. The highest BCUT2D eigenvalue weighted by atomic mass is 32.2. The Bertz CT molecular complexity index is 509. The van der Waals surface area contributed by atoms with Gasteiger partial charge in [-0.2, -0.15) is 0 Å². The van der Waals surface area contributed by atoms with Crippen LogP contribution in [0.25, 0.3) is 0 Å². The molecule has 5 heteroatoms. The van der Waals surface area contributed by atoms with E-state index < -0.39 is 9.84 Å². The monoisotopic (exact) mass is 285 g/mol. The molecule has 2 N–H and O–H groups in total. The van der Waals surface area contributed by atoms with Crippen molar-refractivity contribution in [1.29, 1.82) is 0 Å². The summed E-state index contributed by atoms with van der Waals surface area (Å²) in [4.78, 5) is 0. The van der Waals surface area contributed by atoms with E-state index in [0.717, 1.165) is 11.1 Å². The number of hydrogen-bond donors (Lipinski definition) is 1. The van der Waals surface area contributed by atoms with Crippen molar-refractivity contribution >= 4 is 9.84 Å². The smallest absolute Gasteiger partial charge is 0.154 e. The quantitative estimate of drug-likeness (QED) is 0.833. The van der Waals surface area contributed by atoms with E-state index in [0.29, 0.717) is 24.6 Å². The van der Waals surface area contributed by atoms with E-state index in [1.807, 2.05) is 19.9 Å². The Morgan fingerprint density at radius 3 is 2.53 bits per heavy atom. The van der Waals surface area contributed by atoms with Gasteiger partial charge in [0, 0.05) is 12.1 Å². The second kappa shape index (κ2) is 6.91. The SMILES string of the molecule is COc1ccc(CS(=O)(=O)CCC(C)C)cc1CN. The molecule has 0 fully saturated rings. The molecule has 0 heterocycles. The summed E-state index contributed by atoms with van der Waals surface area (Å²) in [6.07, 6.45) is 0.697. The van der Waals surface area contributed by atoms with Crippen molar-refractivity contribution < 1.29 is 13.2 Å². The van der Waals surface area contributed by atoms with Crippen LogP contribution in [0.2, 0.25) is 0 Å². The lowest BCUT2D eigenvalue weighted by Crippen LogP contribution is -2.12. The molecule has 0 bridgehead atoms. The van der Waals surface area contributed by atoms with Crippen LogP contribution in [0.4, 0.5) is 0 Å². The highest BCUT2D eigenvalue weighted by Gasteiger charge is 2.14. The van der Waals surface area contributed by atoms with E-state index in [-0.39, 0.29) is 11.5 Å². The third kappa shape index (κ3) is 5.20. The number of hydrogen-bond acceptors (Lipinski definition) is 4. The Kier molecular flexibility index (Phi) is 5.82. The van der Waals surface area contributed by atoms with Crippen LogP contribution < -0.4 is 10.5 Å². The molecule has 0 saturated heterocycles. The lowest BCUT2D eigenvalue weighted by atomic mass is 10.1. The van der Waals surface area contributed by atoms with Gasteiger partial charge in [-0.05, 0) is 30.0 Å². The summed E-state index contributed by atoms with van der Waals surface area (Å²) >= 11 is 0. The van der Waals surface area contributed by atoms with Crippen LogP contribution in [-0.2, 0) is 22.1 Å². The molecule has 0 amide bonds. The Morgan fingerprint density at radius 2 is 2.00 bits per heavy atom. The first-order valence-corrected chi connectivity index (χ1v) is 8.26. The van der Waals surface area contributed by atoms with Gasteiger partial charge in [-0.15, -0.1) is 0 Å². The minimum absolute atomic E-state index is 0.0662. The van der Waals surface area contributed by atoms with Gasteiger partial charge in [0.2, 0.25) is 0 Å².